The van der Waals surface area contributed by atoms with Crippen LogP contribution in [-0.4, -0.2) is 67.8 Å². The van der Waals surface area contributed by atoms with E-state index >= 15 is 0 Å². The number of fused-ring (bicyclic) bond motifs is 2. The third-order valence-corrected chi connectivity index (χ3v) is 6.03. The second kappa shape index (κ2) is 5.91. The average Bonchev–Trinajstić information content (AvgIpc) is 3.24. The second-order valence-electron chi connectivity index (χ2n) is 7.33. The van der Waals surface area contributed by atoms with E-state index in [-0.39, 0.29) is 5.54 Å². The van der Waals surface area contributed by atoms with Crippen molar-refractivity contribution in [1.29, 1.82) is 0 Å². The fourth-order valence-electron chi connectivity index (χ4n) is 4.15. The van der Waals surface area contributed by atoms with Crippen LogP contribution in [-0.2, 0) is 4.74 Å². The fourth-order valence-corrected chi connectivity index (χ4v) is 4.15. The van der Waals surface area contributed by atoms with Gasteiger partial charge in [0.1, 0.15) is 0 Å². The molecular weight excluding hydrogens is 250 g/mol. The van der Waals surface area contributed by atoms with Gasteiger partial charge in [-0.2, -0.15) is 0 Å². The molecule has 3 fully saturated rings. The molecule has 2 aliphatic heterocycles. The Kier molecular flexibility index (Phi) is 4.37. The van der Waals surface area contributed by atoms with Crippen LogP contribution in [0.4, 0.5) is 0 Å². The molecule has 0 aromatic heterocycles. The molecule has 0 aromatic carbocycles. The first-order chi connectivity index (χ1) is 9.64. The number of piperidine rings is 1. The molecule has 2 bridgehead atoms. The average molecular weight is 281 g/mol. The molecule has 0 spiro atoms. The Bertz CT molecular complexity index is 318. The maximum absolute atomic E-state index is 6.20. The van der Waals surface area contributed by atoms with Crippen molar-refractivity contribution in [2.75, 3.05) is 40.4 Å². The van der Waals surface area contributed by atoms with Crippen LogP contribution >= 0.6 is 0 Å². The van der Waals surface area contributed by atoms with Gasteiger partial charge in [0.15, 0.2) is 0 Å². The first-order valence-corrected chi connectivity index (χ1v) is 8.35. The largest absolute Gasteiger partial charge is 0.380 e. The molecule has 2 heterocycles. The lowest BCUT2D eigenvalue weighted by atomic mass is 9.81. The van der Waals surface area contributed by atoms with Crippen LogP contribution in [0.25, 0.3) is 0 Å². The molecule has 1 aliphatic carbocycles. The molecule has 0 radical (unpaired) electrons. The number of hydrogen-bond donors (Lipinski definition) is 1. The Balaban J connectivity index is 1.51. The van der Waals surface area contributed by atoms with Gasteiger partial charge in [-0.05, 0) is 58.5 Å². The van der Waals surface area contributed by atoms with E-state index in [4.69, 9.17) is 10.5 Å². The minimum absolute atomic E-state index is 0.210. The van der Waals surface area contributed by atoms with Gasteiger partial charge in [-0.15, -0.1) is 0 Å². The zero-order valence-corrected chi connectivity index (χ0v) is 13.2. The van der Waals surface area contributed by atoms with Crippen LogP contribution in [0.1, 0.15) is 38.5 Å². The summed E-state index contributed by atoms with van der Waals surface area (Å²) in [5.41, 5.74) is 6.41. The fraction of sp³-hybridized carbons (Fsp3) is 1.00. The molecule has 2 N–H and O–H groups in total. The summed E-state index contributed by atoms with van der Waals surface area (Å²) in [7, 11) is 4.54. The third kappa shape index (κ3) is 2.89. The minimum Gasteiger partial charge on any atom is -0.380 e. The van der Waals surface area contributed by atoms with Gasteiger partial charge in [-0.25, -0.2) is 0 Å². The summed E-state index contributed by atoms with van der Waals surface area (Å²) in [4.78, 5) is 5.09. The lowest BCUT2D eigenvalue weighted by molar-refractivity contribution is -0.00135. The Morgan fingerprint density at radius 2 is 1.85 bits per heavy atom. The normalized spacial score (nSPS) is 37.8. The van der Waals surface area contributed by atoms with E-state index in [9.17, 15) is 0 Å². The Hall–Kier alpha value is -0.160. The number of hydrogen-bond acceptors (Lipinski definition) is 4. The smallest absolute Gasteiger partial charge is 0.0593 e. The molecule has 2 saturated heterocycles. The van der Waals surface area contributed by atoms with Gasteiger partial charge in [-0.3, -0.25) is 4.90 Å². The Morgan fingerprint density at radius 3 is 2.40 bits per heavy atom. The molecule has 4 heteroatoms. The summed E-state index contributed by atoms with van der Waals surface area (Å²) < 4.78 is 5.81. The third-order valence-electron chi connectivity index (χ3n) is 6.03. The van der Waals surface area contributed by atoms with Gasteiger partial charge in [0.25, 0.3) is 0 Å². The van der Waals surface area contributed by atoms with Crippen molar-refractivity contribution in [3.8, 4) is 0 Å². The van der Waals surface area contributed by atoms with Gasteiger partial charge in [0.05, 0.1) is 6.61 Å². The van der Waals surface area contributed by atoms with E-state index in [1.54, 1.807) is 0 Å². The lowest BCUT2D eigenvalue weighted by Gasteiger charge is -2.49. The molecule has 116 valence electrons. The van der Waals surface area contributed by atoms with Crippen molar-refractivity contribution < 1.29 is 4.74 Å². The van der Waals surface area contributed by atoms with Crippen LogP contribution in [0.15, 0.2) is 0 Å². The maximum Gasteiger partial charge on any atom is 0.0593 e. The van der Waals surface area contributed by atoms with E-state index in [2.05, 4.69) is 23.9 Å². The molecule has 3 rings (SSSR count). The predicted molar refractivity (Wildman–Crippen MR) is 81.8 cm³/mol. The van der Waals surface area contributed by atoms with Crippen molar-refractivity contribution in [2.24, 2.45) is 11.7 Å². The monoisotopic (exact) mass is 281 g/mol. The van der Waals surface area contributed by atoms with Crippen LogP contribution < -0.4 is 5.73 Å². The topological polar surface area (TPSA) is 41.7 Å². The van der Waals surface area contributed by atoms with Crippen LogP contribution in [0.5, 0.6) is 0 Å². The van der Waals surface area contributed by atoms with Gasteiger partial charge in [-0.1, -0.05) is 0 Å². The summed E-state index contributed by atoms with van der Waals surface area (Å²) in [5.74, 6) is 0.864. The first kappa shape index (κ1) is 14.8. The maximum atomic E-state index is 6.20. The molecule has 0 amide bonds. The minimum atomic E-state index is 0.210. The Labute approximate surface area is 123 Å². The summed E-state index contributed by atoms with van der Waals surface area (Å²) in [6.45, 7) is 3.64. The van der Waals surface area contributed by atoms with Crippen LogP contribution in [0, 0.1) is 5.92 Å². The summed E-state index contributed by atoms with van der Waals surface area (Å²) in [5, 5.41) is 0. The summed E-state index contributed by atoms with van der Waals surface area (Å²) in [6.07, 6.45) is 7.92. The Morgan fingerprint density at radius 1 is 1.20 bits per heavy atom. The van der Waals surface area contributed by atoms with Crippen molar-refractivity contribution in [1.82, 2.24) is 9.80 Å². The number of rotatable bonds is 7. The highest BCUT2D eigenvalue weighted by Crippen LogP contribution is 2.41. The highest BCUT2D eigenvalue weighted by atomic mass is 16.5. The highest BCUT2D eigenvalue weighted by molar-refractivity contribution is 5.06. The van der Waals surface area contributed by atoms with Gasteiger partial charge < -0.3 is 15.4 Å². The number of nitrogens with two attached hydrogens (primary N) is 1. The predicted octanol–water partition coefficient (Wildman–Crippen LogP) is 1.30. The zero-order valence-electron chi connectivity index (χ0n) is 13.2. The number of nitrogens with zero attached hydrogens (tertiary/aromatic N) is 2. The van der Waals surface area contributed by atoms with E-state index in [0.717, 1.165) is 44.3 Å². The van der Waals surface area contributed by atoms with Crippen molar-refractivity contribution in [2.45, 2.75) is 56.1 Å². The standard InChI is InChI=1S/C16H31N3O/c1-18(7-8-20-11-13-3-4-13)16(12-17)9-14-5-6-15(10-16)19(14)2/h13-15H,3-12,17H2,1-2H3. The van der Waals surface area contributed by atoms with Crippen LogP contribution in [0.3, 0.4) is 0 Å². The number of ether oxygens (including phenoxy) is 1. The van der Waals surface area contributed by atoms with Gasteiger partial charge >= 0.3 is 0 Å². The molecule has 0 aromatic rings. The van der Waals surface area contributed by atoms with Gasteiger partial charge in [0.2, 0.25) is 0 Å². The second-order valence-corrected chi connectivity index (χ2v) is 7.33. The lowest BCUT2D eigenvalue weighted by Crippen LogP contribution is -2.61. The van der Waals surface area contributed by atoms with Crippen molar-refractivity contribution in [3.63, 3.8) is 0 Å². The molecule has 4 nitrogen and oxygen atoms in total. The van der Waals surface area contributed by atoms with E-state index in [1.165, 1.54) is 38.5 Å². The zero-order chi connectivity index (χ0) is 14.2. The van der Waals surface area contributed by atoms with Gasteiger partial charge in [0, 0.05) is 37.3 Å². The van der Waals surface area contributed by atoms with Crippen molar-refractivity contribution >= 4 is 0 Å². The number of likely N-dealkylation sites (N-methyl/N-ethyl adjacent to an activating group) is 1. The van der Waals surface area contributed by atoms with E-state index in [1.807, 2.05) is 0 Å². The van der Waals surface area contributed by atoms with E-state index < -0.39 is 0 Å². The SMILES string of the molecule is CN1C2CCC1CC(CN)(N(C)CCOCC1CC1)C2. The first-order valence-electron chi connectivity index (χ1n) is 8.35. The molecule has 3 aliphatic rings. The quantitative estimate of drug-likeness (QED) is 0.714. The van der Waals surface area contributed by atoms with Crippen molar-refractivity contribution in [3.05, 3.63) is 0 Å². The highest BCUT2D eigenvalue weighted by Gasteiger charge is 2.47. The summed E-state index contributed by atoms with van der Waals surface area (Å²) in [6, 6.07) is 1.49. The molecule has 1 saturated carbocycles. The van der Waals surface area contributed by atoms with E-state index in [0.29, 0.717) is 0 Å². The van der Waals surface area contributed by atoms with Crippen LogP contribution in [0.2, 0.25) is 0 Å². The molecular formula is C16H31N3O. The molecule has 20 heavy (non-hydrogen) atoms. The molecule has 2 atom stereocenters. The summed E-state index contributed by atoms with van der Waals surface area (Å²) >= 11 is 0. The molecule has 2 unspecified atom stereocenters.